The van der Waals surface area contributed by atoms with Gasteiger partial charge >= 0.3 is 5.97 Å². The number of aliphatic hydroxyl groups is 2. The lowest BCUT2D eigenvalue weighted by molar-refractivity contribution is -0.163. The Kier molecular flexibility index (Phi) is 4.71. The molecule has 2 N–H and O–H groups in total. The lowest BCUT2D eigenvalue weighted by atomic mass is 9.94. The van der Waals surface area contributed by atoms with Gasteiger partial charge in [-0.05, 0) is 44.9 Å². The van der Waals surface area contributed by atoms with Crippen LogP contribution in [0.1, 0.15) is 33.1 Å². The van der Waals surface area contributed by atoms with E-state index in [1.165, 1.54) is 13.8 Å². The quantitative estimate of drug-likeness (QED) is 0.746. The summed E-state index contributed by atoms with van der Waals surface area (Å²) in [4.78, 5) is 12.1. The number of aliphatic hydroxyl groups excluding tert-OH is 2. The number of fused-ring (bicyclic) bond motifs is 3. The fraction of sp³-hybridized carbons (Fsp3) is 0.938. The van der Waals surface area contributed by atoms with Crippen LogP contribution in [0.3, 0.4) is 0 Å². The maximum absolute atomic E-state index is 13.9. The maximum Gasteiger partial charge on any atom is 0.343 e. The molecule has 1 heterocycles. The zero-order valence-electron chi connectivity index (χ0n) is 13.6. The minimum absolute atomic E-state index is 0.0460. The molecular formula is C16H25FO4S2. The van der Waals surface area contributed by atoms with Crippen molar-refractivity contribution in [3.05, 3.63) is 0 Å². The molecule has 0 aromatic rings. The largest absolute Gasteiger partial charge is 0.457 e. The number of rotatable bonds is 4. The minimum Gasteiger partial charge on any atom is -0.457 e. The van der Waals surface area contributed by atoms with Gasteiger partial charge in [0, 0.05) is 16.9 Å². The normalized spacial score (nSPS) is 34.7. The van der Waals surface area contributed by atoms with Crippen LogP contribution in [0, 0.1) is 17.3 Å². The first-order valence-electron chi connectivity index (χ1n) is 8.16. The van der Waals surface area contributed by atoms with Crippen LogP contribution in [0.25, 0.3) is 0 Å². The van der Waals surface area contributed by atoms with Gasteiger partial charge in [0.25, 0.3) is 0 Å². The molecule has 2 aliphatic carbocycles. The zero-order chi connectivity index (χ0) is 16.9. The van der Waals surface area contributed by atoms with Crippen LogP contribution in [0.15, 0.2) is 0 Å². The van der Waals surface area contributed by atoms with Crippen molar-refractivity contribution in [1.82, 2.24) is 0 Å². The van der Waals surface area contributed by atoms with E-state index >= 15 is 0 Å². The van der Waals surface area contributed by atoms with E-state index in [4.69, 9.17) is 4.74 Å². The van der Waals surface area contributed by atoms with Gasteiger partial charge in [-0.15, -0.1) is 23.5 Å². The summed E-state index contributed by atoms with van der Waals surface area (Å²) in [5, 5.41) is 19.2. The van der Waals surface area contributed by atoms with Gasteiger partial charge < -0.3 is 14.9 Å². The van der Waals surface area contributed by atoms with Gasteiger partial charge in [0.1, 0.15) is 10.2 Å². The van der Waals surface area contributed by atoms with Crippen molar-refractivity contribution in [3.63, 3.8) is 0 Å². The first kappa shape index (κ1) is 17.8. The van der Waals surface area contributed by atoms with Crippen molar-refractivity contribution in [2.24, 2.45) is 17.3 Å². The summed E-state index contributed by atoms with van der Waals surface area (Å²) in [5.41, 5.74) is -2.46. The third kappa shape index (κ3) is 2.92. The van der Waals surface area contributed by atoms with Crippen molar-refractivity contribution in [2.45, 2.75) is 49.0 Å². The molecule has 3 rings (SSSR count). The highest BCUT2D eigenvalue weighted by Crippen LogP contribution is 2.66. The molecule has 132 valence electrons. The molecule has 4 nitrogen and oxygen atoms in total. The number of ether oxygens (including phenoxy) is 1. The summed E-state index contributed by atoms with van der Waals surface area (Å²) in [5.74, 6) is 1.27. The second-order valence-electron chi connectivity index (χ2n) is 7.68. The summed E-state index contributed by atoms with van der Waals surface area (Å²) in [7, 11) is 0. The molecule has 7 heteroatoms. The molecule has 3 aliphatic rings. The van der Waals surface area contributed by atoms with Crippen LogP contribution in [0.4, 0.5) is 4.39 Å². The van der Waals surface area contributed by atoms with E-state index < -0.39 is 17.1 Å². The fourth-order valence-corrected chi connectivity index (χ4v) is 8.06. The Balaban J connectivity index is 1.79. The highest BCUT2D eigenvalue weighted by Gasteiger charge is 2.63. The van der Waals surface area contributed by atoms with Gasteiger partial charge in [0.05, 0.1) is 13.2 Å². The number of alkyl halides is 1. The molecule has 3 fully saturated rings. The Bertz CT molecular complexity index is 465. The lowest BCUT2D eigenvalue weighted by Crippen LogP contribution is -2.52. The van der Waals surface area contributed by atoms with Gasteiger partial charge in [-0.1, -0.05) is 0 Å². The van der Waals surface area contributed by atoms with Crippen LogP contribution in [0.2, 0.25) is 0 Å². The average Bonchev–Trinajstić information content (AvgIpc) is 3.10. The number of hydrogen-bond donors (Lipinski definition) is 2. The van der Waals surface area contributed by atoms with Crippen LogP contribution in [-0.4, -0.2) is 56.8 Å². The molecule has 0 radical (unpaired) electrons. The molecule has 0 aromatic carbocycles. The number of thioether (sulfide) groups is 2. The van der Waals surface area contributed by atoms with Crippen molar-refractivity contribution < 1.29 is 24.1 Å². The van der Waals surface area contributed by atoms with Crippen molar-refractivity contribution in [2.75, 3.05) is 24.7 Å². The Morgan fingerprint density at radius 1 is 1.26 bits per heavy atom. The molecule has 2 bridgehead atoms. The van der Waals surface area contributed by atoms with Crippen LogP contribution < -0.4 is 0 Å². The summed E-state index contributed by atoms with van der Waals surface area (Å²) < 4.78 is 19.3. The molecule has 1 saturated heterocycles. The number of carbonyl (C=O) groups is 1. The summed E-state index contributed by atoms with van der Waals surface area (Å²) in [6, 6.07) is 0. The summed E-state index contributed by atoms with van der Waals surface area (Å²) >= 11 is 3.39. The Labute approximate surface area is 144 Å². The van der Waals surface area contributed by atoms with Crippen molar-refractivity contribution in [3.8, 4) is 0 Å². The summed E-state index contributed by atoms with van der Waals surface area (Å²) in [6.45, 7) is 2.38. The molecular weight excluding hydrogens is 339 g/mol. The van der Waals surface area contributed by atoms with Crippen molar-refractivity contribution >= 4 is 29.5 Å². The predicted molar refractivity (Wildman–Crippen MR) is 90.1 cm³/mol. The first-order valence-corrected chi connectivity index (χ1v) is 10.1. The number of carbonyl (C=O) groups excluding carboxylic acids is 1. The third-order valence-corrected chi connectivity index (χ3v) is 9.72. The van der Waals surface area contributed by atoms with Gasteiger partial charge in [0.15, 0.2) is 0 Å². The van der Waals surface area contributed by atoms with Gasteiger partial charge in [-0.3, -0.25) is 0 Å². The van der Waals surface area contributed by atoms with E-state index in [0.29, 0.717) is 23.3 Å². The fourth-order valence-electron chi connectivity index (χ4n) is 3.90. The number of halogens is 1. The highest BCUT2D eigenvalue weighted by molar-refractivity contribution is 8.19. The highest BCUT2D eigenvalue weighted by atomic mass is 32.2. The monoisotopic (exact) mass is 364 g/mol. The van der Waals surface area contributed by atoms with E-state index in [1.807, 2.05) is 0 Å². The molecule has 3 atom stereocenters. The van der Waals surface area contributed by atoms with E-state index in [0.717, 1.165) is 19.3 Å². The third-order valence-electron chi connectivity index (χ3n) is 5.47. The second kappa shape index (κ2) is 6.07. The smallest absolute Gasteiger partial charge is 0.343 e. The molecule has 1 aliphatic heterocycles. The first-order chi connectivity index (χ1) is 10.8. The molecule has 0 aromatic heterocycles. The van der Waals surface area contributed by atoms with Crippen LogP contribution >= 0.6 is 23.5 Å². The molecule has 23 heavy (non-hydrogen) atoms. The average molecular weight is 365 g/mol. The Morgan fingerprint density at radius 3 is 2.39 bits per heavy atom. The van der Waals surface area contributed by atoms with Crippen molar-refractivity contribution in [1.29, 1.82) is 0 Å². The second-order valence-corrected chi connectivity index (χ2v) is 10.4. The van der Waals surface area contributed by atoms with Crippen LogP contribution in [0.5, 0.6) is 0 Å². The Hall–Kier alpha value is 0.0200. The minimum atomic E-state index is -1.98. The van der Waals surface area contributed by atoms with E-state index in [2.05, 4.69) is 0 Å². The SMILES string of the molecule is CC(C)(F)C(=O)OC1C2CCC(C2)C12SCC(CO)(CO)CS2. The van der Waals surface area contributed by atoms with Gasteiger partial charge in [-0.2, -0.15) is 0 Å². The molecule has 2 saturated carbocycles. The van der Waals surface area contributed by atoms with E-state index in [1.54, 1.807) is 23.5 Å². The zero-order valence-corrected chi connectivity index (χ0v) is 15.2. The van der Waals surface area contributed by atoms with E-state index in [-0.39, 0.29) is 23.4 Å². The molecule has 1 spiro atoms. The molecule has 0 amide bonds. The van der Waals surface area contributed by atoms with Gasteiger partial charge in [0.2, 0.25) is 5.67 Å². The summed E-state index contributed by atoms with van der Waals surface area (Å²) in [6.07, 6.45) is 2.90. The number of esters is 1. The Morgan fingerprint density at radius 2 is 1.87 bits per heavy atom. The maximum atomic E-state index is 13.9. The van der Waals surface area contributed by atoms with E-state index in [9.17, 15) is 19.4 Å². The topological polar surface area (TPSA) is 66.8 Å². The number of hydrogen-bond acceptors (Lipinski definition) is 6. The lowest BCUT2D eigenvalue weighted by Gasteiger charge is -2.49. The molecule has 3 unspecified atom stereocenters. The van der Waals surface area contributed by atoms with Gasteiger partial charge in [-0.25, -0.2) is 9.18 Å². The van der Waals surface area contributed by atoms with Crippen LogP contribution in [-0.2, 0) is 9.53 Å². The predicted octanol–water partition coefficient (Wildman–Crippen LogP) is 2.22. The standard InChI is InChI=1S/C16H25FO4S2/c1-14(2,17)13(20)21-12-10-3-4-11(5-10)16(12)22-8-15(6-18,7-19)9-23-16/h10-12,18-19H,3-9H2,1-2H3.